The molecule has 9 heteroatoms. The molecule has 0 atom stereocenters. The summed E-state index contributed by atoms with van der Waals surface area (Å²) in [5.41, 5.74) is -0.106. The molecule has 3 aromatic rings. The van der Waals surface area contributed by atoms with E-state index in [4.69, 9.17) is 9.47 Å². The minimum Gasteiger partial charge on any atom is -0.492 e. The Morgan fingerprint density at radius 2 is 1.91 bits per heavy atom. The van der Waals surface area contributed by atoms with E-state index >= 15 is 0 Å². The number of ether oxygens (including phenoxy) is 2. The van der Waals surface area contributed by atoms with Crippen LogP contribution in [0.4, 0.5) is 10.6 Å². The highest BCUT2D eigenvalue weighted by atomic mass is 16.6. The smallest absolute Gasteiger partial charge is 0.423 e. The summed E-state index contributed by atoms with van der Waals surface area (Å²) >= 11 is 0. The Bertz CT molecular complexity index is 1200. The lowest BCUT2D eigenvalue weighted by Crippen LogP contribution is -2.41. The molecule has 2 bridgehead atoms. The number of fused-ring (bicyclic) bond motifs is 5. The molecule has 4 rings (SSSR count). The Balaban J connectivity index is 1.86. The first kappa shape index (κ1) is 22.2. The van der Waals surface area contributed by atoms with Crippen LogP contribution < -0.4 is 9.64 Å². The van der Waals surface area contributed by atoms with E-state index in [0.717, 1.165) is 4.90 Å². The Morgan fingerprint density at radius 1 is 1.09 bits per heavy atom. The Morgan fingerprint density at radius 3 is 2.73 bits per heavy atom. The number of pyridine rings is 1. The van der Waals surface area contributed by atoms with Gasteiger partial charge in [0.05, 0.1) is 12.2 Å². The summed E-state index contributed by atoms with van der Waals surface area (Å²) in [6, 6.07) is 11.8. The summed E-state index contributed by atoms with van der Waals surface area (Å²) in [5.74, 6) is 0.412. The van der Waals surface area contributed by atoms with E-state index in [1.54, 1.807) is 69.6 Å². The molecule has 170 valence electrons. The van der Waals surface area contributed by atoms with Crippen molar-refractivity contribution < 1.29 is 19.1 Å². The summed E-state index contributed by atoms with van der Waals surface area (Å²) in [4.78, 5) is 32.3. The van der Waals surface area contributed by atoms with Crippen LogP contribution >= 0.6 is 0 Å². The second kappa shape index (κ2) is 9.23. The van der Waals surface area contributed by atoms with Crippen LogP contribution in [0.2, 0.25) is 0 Å². The second-order valence-corrected chi connectivity index (χ2v) is 8.41. The fraction of sp³-hybridized carbons (Fsp3) is 0.292. The highest BCUT2D eigenvalue weighted by Gasteiger charge is 2.32. The van der Waals surface area contributed by atoms with Gasteiger partial charge in [-0.3, -0.25) is 4.79 Å². The Hall–Kier alpha value is -4.01. The van der Waals surface area contributed by atoms with E-state index in [9.17, 15) is 9.59 Å². The van der Waals surface area contributed by atoms with Crippen molar-refractivity contribution >= 4 is 17.8 Å². The number of allylic oxidation sites excluding steroid dienone is 1. The van der Waals surface area contributed by atoms with Crippen molar-refractivity contribution in [2.24, 2.45) is 0 Å². The normalized spacial score (nSPS) is 14.4. The number of aromatic nitrogens is 4. The number of amides is 2. The molecule has 0 unspecified atom stereocenters. The van der Waals surface area contributed by atoms with Gasteiger partial charge in [0.15, 0.2) is 5.82 Å². The zero-order valence-corrected chi connectivity index (χ0v) is 18.8. The molecule has 0 fully saturated rings. The molecular weight excluding hydrogens is 422 g/mol. The third-order valence-corrected chi connectivity index (χ3v) is 4.72. The third kappa shape index (κ3) is 5.08. The standard InChI is InChI=1S/C24H25N5O4/c1-24(2,3)33-23(31)29-20-13-9-11-18(26-20)21-27-25-16-28(21)14-7-4-8-15-32-19-12-6-5-10-17(19)22(29)30/h4-7,9-13,16H,8,14-15H2,1-3H3. The maximum absolute atomic E-state index is 13.7. The first-order valence-electron chi connectivity index (χ1n) is 10.6. The number of nitrogens with zero attached hydrogens (tertiary/aromatic N) is 5. The predicted octanol–water partition coefficient (Wildman–Crippen LogP) is 4.26. The van der Waals surface area contributed by atoms with Crippen molar-refractivity contribution in [1.82, 2.24) is 19.7 Å². The first-order valence-corrected chi connectivity index (χ1v) is 10.6. The number of anilines is 1. The molecule has 0 radical (unpaired) electrons. The zero-order valence-electron chi connectivity index (χ0n) is 18.8. The van der Waals surface area contributed by atoms with Crippen LogP contribution in [-0.2, 0) is 11.3 Å². The number of imide groups is 1. The molecular formula is C24H25N5O4. The van der Waals surface area contributed by atoms with Gasteiger partial charge >= 0.3 is 6.09 Å². The number of carbonyl (C=O) groups is 2. The molecule has 2 aromatic heterocycles. The van der Waals surface area contributed by atoms with Crippen LogP contribution in [-0.4, -0.2) is 44.0 Å². The quantitative estimate of drug-likeness (QED) is 0.475. The van der Waals surface area contributed by atoms with E-state index in [1.807, 2.05) is 16.7 Å². The lowest BCUT2D eigenvalue weighted by molar-refractivity contribution is 0.0562. The maximum atomic E-state index is 13.7. The van der Waals surface area contributed by atoms with E-state index in [2.05, 4.69) is 15.2 Å². The van der Waals surface area contributed by atoms with Gasteiger partial charge in [0.2, 0.25) is 0 Å². The third-order valence-electron chi connectivity index (χ3n) is 4.72. The molecule has 0 saturated carbocycles. The van der Waals surface area contributed by atoms with Crippen molar-refractivity contribution in [2.75, 3.05) is 11.5 Å². The monoisotopic (exact) mass is 447 g/mol. The van der Waals surface area contributed by atoms with Crippen molar-refractivity contribution in [3.05, 3.63) is 66.5 Å². The molecule has 3 heterocycles. The van der Waals surface area contributed by atoms with E-state index in [1.165, 1.54) is 0 Å². The van der Waals surface area contributed by atoms with Crippen LogP contribution in [0, 0.1) is 0 Å². The van der Waals surface area contributed by atoms with Gasteiger partial charge in [-0.05, 0) is 51.5 Å². The van der Waals surface area contributed by atoms with Gasteiger partial charge in [-0.25, -0.2) is 9.78 Å². The van der Waals surface area contributed by atoms with Crippen LogP contribution in [0.1, 0.15) is 37.6 Å². The largest absolute Gasteiger partial charge is 0.492 e. The Kier molecular flexibility index (Phi) is 6.21. The molecule has 0 N–H and O–H groups in total. The molecule has 9 nitrogen and oxygen atoms in total. The van der Waals surface area contributed by atoms with E-state index in [0.29, 0.717) is 36.8 Å². The first-order chi connectivity index (χ1) is 15.8. The summed E-state index contributed by atoms with van der Waals surface area (Å²) in [5, 5.41) is 8.17. The number of benzene rings is 1. The molecule has 1 aromatic carbocycles. The minimum absolute atomic E-state index is 0.113. The van der Waals surface area contributed by atoms with Gasteiger partial charge < -0.3 is 14.0 Å². The second-order valence-electron chi connectivity index (χ2n) is 8.41. The highest BCUT2D eigenvalue weighted by Crippen LogP contribution is 2.26. The van der Waals surface area contributed by atoms with Gasteiger partial charge in [0.25, 0.3) is 5.91 Å². The van der Waals surface area contributed by atoms with Crippen LogP contribution in [0.5, 0.6) is 5.75 Å². The molecule has 1 aliphatic rings. The fourth-order valence-corrected chi connectivity index (χ4v) is 3.28. The topological polar surface area (TPSA) is 99.4 Å². The van der Waals surface area contributed by atoms with Gasteiger partial charge in [-0.15, -0.1) is 10.2 Å². The summed E-state index contributed by atoms with van der Waals surface area (Å²) < 4.78 is 13.2. The lowest BCUT2D eigenvalue weighted by Gasteiger charge is -2.26. The molecule has 0 aliphatic carbocycles. The van der Waals surface area contributed by atoms with Gasteiger partial charge in [-0.2, -0.15) is 4.90 Å². The SMILES string of the molecule is CC(C)(C)OC(=O)N1C(=O)c2ccccc2OCCC=CCn2cnnc2-c2cccc1n2. The molecule has 0 spiro atoms. The summed E-state index contributed by atoms with van der Waals surface area (Å²) in [6.45, 7) is 6.12. The van der Waals surface area contributed by atoms with Gasteiger partial charge in [0, 0.05) is 6.54 Å². The van der Waals surface area contributed by atoms with Crippen LogP contribution in [0.15, 0.2) is 60.9 Å². The van der Waals surface area contributed by atoms with Crippen molar-refractivity contribution in [1.29, 1.82) is 0 Å². The number of para-hydroxylation sites is 1. The average Bonchev–Trinajstić information content (AvgIpc) is 3.23. The fourth-order valence-electron chi connectivity index (χ4n) is 3.28. The lowest BCUT2D eigenvalue weighted by atomic mass is 10.1. The van der Waals surface area contributed by atoms with Crippen LogP contribution in [0.3, 0.4) is 0 Å². The Labute approximate surface area is 191 Å². The molecule has 2 amide bonds. The summed E-state index contributed by atoms with van der Waals surface area (Å²) in [7, 11) is 0. The van der Waals surface area contributed by atoms with Gasteiger partial charge in [0.1, 0.15) is 29.2 Å². The van der Waals surface area contributed by atoms with Crippen LogP contribution in [0.25, 0.3) is 11.5 Å². The molecule has 1 aliphatic heterocycles. The molecule has 33 heavy (non-hydrogen) atoms. The zero-order chi connectivity index (χ0) is 23.4. The predicted molar refractivity (Wildman–Crippen MR) is 122 cm³/mol. The number of hydrogen-bond donors (Lipinski definition) is 0. The van der Waals surface area contributed by atoms with E-state index < -0.39 is 17.6 Å². The van der Waals surface area contributed by atoms with Gasteiger partial charge in [-0.1, -0.05) is 30.4 Å². The average molecular weight is 447 g/mol. The maximum Gasteiger partial charge on any atom is 0.423 e. The number of rotatable bonds is 0. The highest BCUT2D eigenvalue weighted by molar-refractivity contribution is 6.19. The summed E-state index contributed by atoms with van der Waals surface area (Å²) in [6.07, 6.45) is 5.39. The number of hydrogen-bond acceptors (Lipinski definition) is 7. The minimum atomic E-state index is -0.834. The van der Waals surface area contributed by atoms with Crippen molar-refractivity contribution in [3.8, 4) is 17.3 Å². The molecule has 0 saturated heterocycles. The van der Waals surface area contributed by atoms with Crippen molar-refractivity contribution in [3.63, 3.8) is 0 Å². The van der Waals surface area contributed by atoms with Crippen molar-refractivity contribution in [2.45, 2.75) is 39.3 Å². The number of carbonyl (C=O) groups excluding carboxylic acids is 2. The van der Waals surface area contributed by atoms with E-state index in [-0.39, 0.29) is 11.4 Å².